The van der Waals surface area contributed by atoms with Crippen LogP contribution in [0.25, 0.3) is 0 Å². The summed E-state index contributed by atoms with van der Waals surface area (Å²) in [5, 5.41) is 0.559. The van der Waals surface area contributed by atoms with E-state index in [0.717, 1.165) is 5.69 Å². The Kier molecular flexibility index (Phi) is 8.15. The monoisotopic (exact) mass is 501 g/mol. The molecule has 1 atom stereocenters. The number of carbonyl (C=O) groups is 2. The van der Waals surface area contributed by atoms with Gasteiger partial charge in [0.15, 0.2) is 0 Å². The molecule has 2 aromatic carbocycles. The number of halogens is 1. The minimum Gasteiger partial charge on any atom is -0.490 e. The third-order valence-electron chi connectivity index (χ3n) is 6.30. The molecule has 0 radical (unpaired) electrons. The van der Waals surface area contributed by atoms with Crippen LogP contribution in [-0.4, -0.2) is 93.9 Å². The maximum atomic E-state index is 13.4. The van der Waals surface area contributed by atoms with Crippen molar-refractivity contribution >= 4 is 29.1 Å². The Balaban J connectivity index is 1.52. The Morgan fingerprint density at radius 2 is 1.74 bits per heavy atom. The summed E-state index contributed by atoms with van der Waals surface area (Å²) in [6.45, 7) is 3.26. The maximum absolute atomic E-state index is 13.4. The van der Waals surface area contributed by atoms with Gasteiger partial charge < -0.3 is 28.9 Å². The zero-order valence-electron chi connectivity index (χ0n) is 20.2. The Bertz CT molecular complexity index is 1030. The van der Waals surface area contributed by atoms with Crippen LogP contribution in [-0.2, 0) is 14.3 Å². The first-order valence-electron chi connectivity index (χ1n) is 11.8. The lowest BCUT2D eigenvalue weighted by molar-refractivity contribution is -0.155. The van der Waals surface area contributed by atoms with Crippen LogP contribution in [0.15, 0.2) is 48.5 Å². The van der Waals surface area contributed by atoms with E-state index >= 15 is 0 Å². The fourth-order valence-electron chi connectivity index (χ4n) is 4.32. The highest BCUT2D eigenvalue weighted by Gasteiger charge is 2.42. The molecule has 2 heterocycles. The van der Waals surface area contributed by atoms with Gasteiger partial charge in [-0.3, -0.25) is 9.59 Å². The molecule has 4 rings (SSSR count). The molecule has 9 heteroatoms. The van der Waals surface area contributed by atoms with Gasteiger partial charge in [-0.25, -0.2) is 0 Å². The minimum atomic E-state index is -0.977. The summed E-state index contributed by atoms with van der Waals surface area (Å²) in [5.74, 6) is 0.458. The van der Waals surface area contributed by atoms with Crippen molar-refractivity contribution in [3.8, 4) is 5.75 Å². The quantitative estimate of drug-likeness (QED) is 0.581. The Hall–Kier alpha value is -2.81. The third kappa shape index (κ3) is 6.45. The van der Waals surface area contributed by atoms with Gasteiger partial charge in [-0.2, -0.15) is 0 Å². The van der Waals surface area contributed by atoms with Gasteiger partial charge in [0, 0.05) is 50.0 Å². The van der Waals surface area contributed by atoms with E-state index in [1.807, 2.05) is 43.3 Å². The summed E-state index contributed by atoms with van der Waals surface area (Å²) in [7, 11) is 3.91. The van der Waals surface area contributed by atoms with Crippen LogP contribution in [0.1, 0.15) is 16.8 Å². The van der Waals surface area contributed by atoms with E-state index in [1.54, 1.807) is 34.1 Å². The molecule has 0 saturated carbocycles. The fraction of sp³-hybridized carbons (Fsp3) is 0.462. The number of benzene rings is 2. The first-order valence-corrected chi connectivity index (χ1v) is 12.2. The van der Waals surface area contributed by atoms with Gasteiger partial charge in [-0.15, -0.1) is 0 Å². The molecule has 2 aromatic rings. The van der Waals surface area contributed by atoms with Crippen LogP contribution >= 0.6 is 11.6 Å². The average molecular weight is 502 g/mol. The summed E-state index contributed by atoms with van der Waals surface area (Å²) in [4.78, 5) is 32.1. The van der Waals surface area contributed by atoms with E-state index in [1.165, 1.54) is 0 Å². The maximum Gasteiger partial charge on any atom is 0.254 e. The number of rotatable bonds is 7. The average Bonchev–Trinajstić information content (AvgIpc) is 2.88. The van der Waals surface area contributed by atoms with Crippen molar-refractivity contribution in [1.29, 1.82) is 0 Å². The van der Waals surface area contributed by atoms with Crippen LogP contribution in [0.4, 0.5) is 5.69 Å². The van der Waals surface area contributed by atoms with Gasteiger partial charge in [0.2, 0.25) is 5.91 Å². The van der Waals surface area contributed by atoms with Crippen molar-refractivity contribution in [1.82, 2.24) is 9.80 Å². The molecule has 2 saturated heterocycles. The number of hydrogen-bond acceptors (Lipinski definition) is 6. The second kappa shape index (κ2) is 11.3. The number of amides is 2. The van der Waals surface area contributed by atoms with Gasteiger partial charge in [-0.05, 0) is 42.5 Å². The molecule has 35 heavy (non-hydrogen) atoms. The lowest BCUT2D eigenvalue weighted by Gasteiger charge is -2.43. The molecule has 0 aromatic heterocycles. The molecule has 0 bridgehead atoms. The number of carbonyl (C=O) groups excluding carboxylic acids is 2. The zero-order chi connectivity index (χ0) is 24.8. The molecule has 2 amide bonds. The van der Waals surface area contributed by atoms with E-state index in [4.69, 9.17) is 25.8 Å². The summed E-state index contributed by atoms with van der Waals surface area (Å²) in [6, 6.07) is 14.6. The second-order valence-corrected chi connectivity index (χ2v) is 9.55. The number of nitrogens with zero attached hydrogens (tertiary/aromatic N) is 3. The van der Waals surface area contributed by atoms with E-state index in [2.05, 4.69) is 0 Å². The van der Waals surface area contributed by atoms with E-state index in [0.29, 0.717) is 55.8 Å². The number of ether oxygens (including phenoxy) is 3. The third-order valence-corrected chi connectivity index (χ3v) is 6.54. The Labute approximate surface area is 211 Å². The summed E-state index contributed by atoms with van der Waals surface area (Å²) in [5.41, 5.74) is 0.639. The Morgan fingerprint density at radius 1 is 1.03 bits per heavy atom. The Morgan fingerprint density at radius 3 is 2.43 bits per heavy atom. The summed E-state index contributed by atoms with van der Waals surface area (Å²) < 4.78 is 17.6. The van der Waals surface area contributed by atoms with Crippen LogP contribution < -0.4 is 9.64 Å². The highest BCUT2D eigenvalue weighted by molar-refractivity contribution is 6.30. The molecule has 0 unspecified atom stereocenters. The lowest BCUT2D eigenvalue weighted by Crippen LogP contribution is -2.58. The summed E-state index contributed by atoms with van der Waals surface area (Å²) in [6.07, 6.45) is 0.108. The minimum absolute atomic E-state index is 0.0346. The standard InChI is InChI=1S/C26H32ClN3O5/c1-28(2)22-8-6-20(7-9-22)25(32)30-12-15-35-26(18-30,17-24(31)29-10-13-33-14-11-29)19-34-23-5-3-4-21(27)16-23/h3-9,16H,10-15,17-19H2,1-2H3/t26-/m0/s1. The lowest BCUT2D eigenvalue weighted by atomic mass is 9.96. The highest BCUT2D eigenvalue weighted by Crippen LogP contribution is 2.28. The summed E-state index contributed by atoms with van der Waals surface area (Å²) >= 11 is 6.11. The van der Waals surface area contributed by atoms with Gasteiger partial charge in [0.1, 0.15) is 18.0 Å². The number of morpholine rings is 2. The fourth-order valence-corrected chi connectivity index (χ4v) is 4.50. The van der Waals surface area contributed by atoms with Crippen molar-refractivity contribution in [2.24, 2.45) is 0 Å². The van der Waals surface area contributed by atoms with Crippen LogP contribution in [0.3, 0.4) is 0 Å². The largest absolute Gasteiger partial charge is 0.490 e. The molecule has 8 nitrogen and oxygen atoms in total. The van der Waals surface area contributed by atoms with Crippen molar-refractivity contribution in [2.75, 3.05) is 71.6 Å². The second-order valence-electron chi connectivity index (χ2n) is 9.12. The number of hydrogen-bond donors (Lipinski definition) is 0. The normalized spacial score (nSPS) is 20.4. The number of anilines is 1. The smallest absolute Gasteiger partial charge is 0.254 e. The zero-order valence-corrected chi connectivity index (χ0v) is 21.0. The molecule has 2 aliphatic rings. The SMILES string of the molecule is CN(C)c1ccc(C(=O)N2CCO[C@@](COc3cccc(Cl)c3)(CC(=O)N3CCOCC3)C2)cc1. The predicted octanol–water partition coefficient (Wildman–Crippen LogP) is 2.95. The van der Waals surface area contributed by atoms with E-state index in [9.17, 15) is 9.59 Å². The molecule has 0 N–H and O–H groups in total. The first kappa shape index (κ1) is 25.3. The van der Waals surface area contributed by atoms with Gasteiger partial charge in [-0.1, -0.05) is 17.7 Å². The van der Waals surface area contributed by atoms with Gasteiger partial charge in [0.05, 0.1) is 32.8 Å². The highest BCUT2D eigenvalue weighted by atomic mass is 35.5. The molecular weight excluding hydrogens is 470 g/mol. The van der Waals surface area contributed by atoms with E-state index in [-0.39, 0.29) is 31.4 Å². The molecule has 0 spiro atoms. The predicted molar refractivity (Wildman–Crippen MR) is 134 cm³/mol. The van der Waals surface area contributed by atoms with Crippen molar-refractivity contribution in [3.05, 3.63) is 59.1 Å². The van der Waals surface area contributed by atoms with Crippen molar-refractivity contribution in [2.45, 2.75) is 12.0 Å². The molecule has 2 fully saturated rings. The molecule has 2 aliphatic heterocycles. The van der Waals surface area contributed by atoms with Gasteiger partial charge >= 0.3 is 0 Å². The van der Waals surface area contributed by atoms with Crippen molar-refractivity contribution < 1.29 is 23.8 Å². The van der Waals surface area contributed by atoms with Crippen LogP contribution in [0.5, 0.6) is 5.75 Å². The van der Waals surface area contributed by atoms with E-state index < -0.39 is 5.60 Å². The molecular formula is C26H32ClN3O5. The van der Waals surface area contributed by atoms with Crippen LogP contribution in [0.2, 0.25) is 5.02 Å². The molecule has 0 aliphatic carbocycles. The van der Waals surface area contributed by atoms with Gasteiger partial charge in [0.25, 0.3) is 5.91 Å². The first-order chi connectivity index (χ1) is 16.8. The molecule has 188 valence electrons. The van der Waals surface area contributed by atoms with Crippen LogP contribution in [0, 0.1) is 0 Å². The van der Waals surface area contributed by atoms with Crippen molar-refractivity contribution in [3.63, 3.8) is 0 Å². The topological polar surface area (TPSA) is 71.6 Å².